The lowest BCUT2D eigenvalue weighted by Gasteiger charge is -1.99. The zero-order valence-corrected chi connectivity index (χ0v) is 10.9. The Hall–Kier alpha value is -2.74. The first kappa shape index (κ1) is 12.3. The van der Waals surface area contributed by atoms with Crippen LogP contribution in [0, 0.1) is 11.8 Å². The van der Waals surface area contributed by atoms with Gasteiger partial charge in [-0.3, -0.25) is 4.79 Å². The molecule has 0 bridgehead atoms. The first-order valence-corrected chi connectivity index (χ1v) is 6.45. The third-order valence-corrected chi connectivity index (χ3v) is 3.10. The Morgan fingerprint density at radius 1 is 1.35 bits per heavy atom. The molecule has 0 fully saturated rings. The van der Waals surface area contributed by atoms with Gasteiger partial charge in [0.15, 0.2) is 0 Å². The third-order valence-electron chi connectivity index (χ3n) is 3.10. The molecule has 100 valence electrons. The summed E-state index contributed by atoms with van der Waals surface area (Å²) in [7, 11) is 0. The molecule has 0 radical (unpaired) electrons. The number of nitrogen functional groups attached to an aromatic ring is 1. The second kappa shape index (κ2) is 5.10. The summed E-state index contributed by atoms with van der Waals surface area (Å²) < 4.78 is 1.94. The van der Waals surface area contributed by atoms with Crippen LogP contribution in [-0.2, 0) is 6.54 Å². The van der Waals surface area contributed by atoms with Crippen molar-refractivity contribution in [1.82, 2.24) is 14.9 Å². The van der Waals surface area contributed by atoms with Crippen molar-refractivity contribution in [2.24, 2.45) is 0 Å². The number of aromatic nitrogens is 2. The van der Waals surface area contributed by atoms with E-state index in [0.29, 0.717) is 17.2 Å². The summed E-state index contributed by atoms with van der Waals surface area (Å²) in [6, 6.07) is 7.14. The zero-order chi connectivity index (χ0) is 13.9. The molecule has 5 nitrogen and oxygen atoms in total. The summed E-state index contributed by atoms with van der Waals surface area (Å²) >= 11 is 0. The van der Waals surface area contributed by atoms with Crippen molar-refractivity contribution < 1.29 is 4.79 Å². The van der Waals surface area contributed by atoms with Crippen LogP contribution in [0.3, 0.4) is 0 Å². The second-order valence-corrected chi connectivity index (χ2v) is 4.61. The number of carbonyl (C=O) groups excluding carboxylic acids is 1. The van der Waals surface area contributed by atoms with E-state index in [9.17, 15) is 4.79 Å². The molecule has 3 heterocycles. The van der Waals surface area contributed by atoms with Crippen molar-refractivity contribution in [2.45, 2.75) is 13.0 Å². The Morgan fingerprint density at radius 3 is 3.10 bits per heavy atom. The second-order valence-electron chi connectivity index (χ2n) is 4.61. The van der Waals surface area contributed by atoms with Crippen LogP contribution in [0.2, 0.25) is 0 Å². The highest BCUT2D eigenvalue weighted by molar-refractivity contribution is 5.93. The fourth-order valence-electron chi connectivity index (χ4n) is 2.15. The summed E-state index contributed by atoms with van der Waals surface area (Å²) in [5, 5.41) is 2.86. The van der Waals surface area contributed by atoms with E-state index in [-0.39, 0.29) is 5.91 Å². The first-order chi connectivity index (χ1) is 9.72. The number of carbonyl (C=O) groups is 1. The molecule has 0 atom stereocenters. The van der Waals surface area contributed by atoms with Gasteiger partial charge in [0.05, 0.1) is 0 Å². The smallest absolute Gasteiger partial charge is 0.267 e. The van der Waals surface area contributed by atoms with Crippen LogP contribution >= 0.6 is 0 Å². The lowest BCUT2D eigenvalue weighted by Crippen LogP contribution is -2.22. The van der Waals surface area contributed by atoms with Gasteiger partial charge in [0.1, 0.15) is 17.2 Å². The van der Waals surface area contributed by atoms with Gasteiger partial charge < -0.3 is 15.6 Å². The highest BCUT2D eigenvalue weighted by Gasteiger charge is 2.15. The largest absolute Gasteiger partial charge is 0.384 e. The first-order valence-electron chi connectivity index (χ1n) is 6.45. The third kappa shape index (κ3) is 2.50. The number of nitrogens with one attached hydrogen (secondary N) is 1. The predicted octanol–water partition coefficient (Wildman–Crippen LogP) is 0.999. The van der Waals surface area contributed by atoms with Crippen LogP contribution in [0.15, 0.2) is 30.5 Å². The van der Waals surface area contributed by atoms with Gasteiger partial charge in [-0.05, 0) is 30.5 Å². The van der Waals surface area contributed by atoms with Crippen LogP contribution in [0.5, 0.6) is 0 Å². The minimum Gasteiger partial charge on any atom is -0.384 e. The summed E-state index contributed by atoms with van der Waals surface area (Å²) in [6.45, 7) is 1.54. The van der Waals surface area contributed by atoms with E-state index in [1.807, 2.05) is 16.8 Å². The van der Waals surface area contributed by atoms with Crippen LogP contribution in [0.25, 0.3) is 0 Å². The minimum absolute atomic E-state index is 0.0439. The van der Waals surface area contributed by atoms with E-state index in [4.69, 9.17) is 5.73 Å². The molecule has 0 aliphatic carbocycles. The van der Waals surface area contributed by atoms with Gasteiger partial charge in [-0.2, -0.15) is 0 Å². The lowest BCUT2D eigenvalue weighted by atomic mass is 10.2. The van der Waals surface area contributed by atoms with Crippen molar-refractivity contribution in [1.29, 1.82) is 0 Å². The molecular formula is C15H14N4O. The van der Waals surface area contributed by atoms with Crippen LogP contribution in [0.1, 0.15) is 28.2 Å². The number of nitrogens with two attached hydrogens (primary N) is 1. The fourth-order valence-corrected chi connectivity index (χ4v) is 2.15. The number of anilines is 1. The number of hydrogen-bond donors (Lipinski definition) is 2. The Labute approximate surface area is 116 Å². The molecule has 2 aromatic rings. The molecule has 1 amide bonds. The molecule has 20 heavy (non-hydrogen) atoms. The SMILES string of the molecule is Nc1cccc(C#Cc2cc3n(c2)CCCNC3=O)n1. The van der Waals surface area contributed by atoms with Crippen LogP contribution < -0.4 is 11.1 Å². The van der Waals surface area contributed by atoms with Crippen molar-refractivity contribution >= 4 is 11.7 Å². The van der Waals surface area contributed by atoms with Crippen molar-refractivity contribution in [3.63, 3.8) is 0 Å². The van der Waals surface area contributed by atoms with Gasteiger partial charge in [0.2, 0.25) is 0 Å². The van der Waals surface area contributed by atoms with Gasteiger partial charge in [0.25, 0.3) is 5.91 Å². The molecule has 0 saturated carbocycles. The summed E-state index contributed by atoms with van der Waals surface area (Å²) in [4.78, 5) is 15.9. The molecule has 0 aromatic carbocycles. The zero-order valence-electron chi connectivity index (χ0n) is 10.9. The van der Waals surface area contributed by atoms with Gasteiger partial charge >= 0.3 is 0 Å². The minimum atomic E-state index is -0.0439. The highest BCUT2D eigenvalue weighted by atomic mass is 16.1. The maximum Gasteiger partial charge on any atom is 0.267 e. The molecule has 2 aromatic heterocycles. The Kier molecular flexibility index (Phi) is 3.13. The predicted molar refractivity (Wildman–Crippen MR) is 76.0 cm³/mol. The monoisotopic (exact) mass is 266 g/mol. The van der Waals surface area contributed by atoms with Crippen molar-refractivity contribution in [3.05, 3.63) is 47.4 Å². The molecule has 0 unspecified atom stereocenters. The van der Waals surface area contributed by atoms with E-state index in [0.717, 1.165) is 25.1 Å². The molecular weight excluding hydrogens is 252 g/mol. The topological polar surface area (TPSA) is 72.9 Å². The van der Waals surface area contributed by atoms with E-state index < -0.39 is 0 Å². The normalized spacial score (nSPS) is 13.7. The summed E-state index contributed by atoms with van der Waals surface area (Å²) in [5.74, 6) is 6.38. The van der Waals surface area contributed by atoms with Crippen LogP contribution in [0.4, 0.5) is 5.82 Å². The van der Waals surface area contributed by atoms with E-state index in [1.165, 1.54) is 0 Å². The molecule has 3 N–H and O–H groups in total. The van der Waals surface area contributed by atoms with Gasteiger partial charge in [-0.1, -0.05) is 12.0 Å². The maximum atomic E-state index is 11.8. The van der Waals surface area contributed by atoms with Crippen molar-refractivity contribution in [3.8, 4) is 11.8 Å². The van der Waals surface area contributed by atoms with E-state index in [2.05, 4.69) is 22.1 Å². The number of nitrogens with zero attached hydrogens (tertiary/aromatic N) is 2. The van der Waals surface area contributed by atoms with Crippen molar-refractivity contribution in [2.75, 3.05) is 12.3 Å². The molecule has 3 rings (SSSR count). The van der Waals surface area contributed by atoms with E-state index >= 15 is 0 Å². The standard InChI is InChI=1S/C15H14N4O/c16-14-4-1-3-12(18-14)6-5-11-9-13-15(20)17-7-2-8-19(13)10-11/h1,3-4,9-10H,2,7-8H2,(H2,16,18)(H,17,20). The molecule has 5 heteroatoms. The number of hydrogen-bond acceptors (Lipinski definition) is 3. The van der Waals surface area contributed by atoms with Gasteiger partial charge in [0, 0.05) is 24.8 Å². The average molecular weight is 266 g/mol. The summed E-state index contributed by atoms with van der Waals surface area (Å²) in [5.41, 5.74) is 7.69. The Bertz CT molecular complexity index is 721. The molecule has 1 aliphatic heterocycles. The maximum absolute atomic E-state index is 11.8. The van der Waals surface area contributed by atoms with Gasteiger partial charge in [-0.25, -0.2) is 4.98 Å². The number of amides is 1. The Morgan fingerprint density at radius 2 is 2.25 bits per heavy atom. The number of fused-ring (bicyclic) bond motifs is 1. The quantitative estimate of drug-likeness (QED) is 0.699. The number of aryl methyl sites for hydroxylation is 1. The highest BCUT2D eigenvalue weighted by Crippen LogP contribution is 2.11. The molecule has 0 spiro atoms. The Balaban J connectivity index is 1.90. The fraction of sp³-hybridized carbons (Fsp3) is 0.200. The lowest BCUT2D eigenvalue weighted by molar-refractivity contribution is 0.0951. The van der Waals surface area contributed by atoms with E-state index in [1.54, 1.807) is 18.2 Å². The van der Waals surface area contributed by atoms with Gasteiger partial charge in [-0.15, -0.1) is 0 Å². The average Bonchev–Trinajstić information content (AvgIpc) is 2.77. The molecule has 1 aliphatic rings. The molecule has 0 saturated heterocycles. The number of pyridine rings is 1. The van der Waals surface area contributed by atoms with Crippen LogP contribution in [-0.4, -0.2) is 22.0 Å². The number of rotatable bonds is 0. The summed E-state index contributed by atoms with van der Waals surface area (Å²) in [6.07, 6.45) is 2.83.